The number of rotatable bonds is 7. The van der Waals surface area contributed by atoms with Gasteiger partial charge >= 0.3 is 0 Å². The minimum atomic E-state index is -0.245. The number of carbonyl (C=O) groups is 1. The number of amides is 1. The number of nitrogens with zero attached hydrogens (tertiary/aromatic N) is 4. The van der Waals surface area contributed by atoms with Crippen molar-refractivity contribution in [2.75, 3.05) is 6.54 Å². The summed E-state index contributed by atoms with van der Waals surface area (Å²) in [5.41, 5.74) is 0. The van der Waals surface area contributed by atoms with E-state index in [1.807, 2.05) is 30.9 Å². The van der Waals surface area contributed by atoms with Crippen molar-refractivity contribution >= 4 is 29.9 Å². The van der Waals surface area contributed by atoms with Gasteiger partial charge in [-0.15, -0.1) is 0 Å². The third-order valence-corrected chi connectivity index (χ3v) is 5.06. The molecule has 0 spiro atoms. The van der Waals surface area contributed by atoms with E-state index in [1.54, 1.807) is 28.6 Å². The average molecular weight is 378 g/mol. The number of carbonyl (C=O) groups excluding carboxylic acids is 1. The Bertz CT molecular complexity index is 922. The molecule has 0 saturated carbocycles. The number of aryl methyl sites for hydroxylation is 1. The summed E-state index contributed by atoms with van der Waals surface area (Å²) in [6.07, 6.45) is 4.22. The molecule has 0 aliphatic rings. The van der Waals surface area contributed by atoms with Gasteiger partial charge < -0.3 is 18.9 Å². The number of aromatic amines is 1. The number of nitrogens with one attached hydrogen (secondary N) is 2. The lowest BCUT2D eigenvalue weighted by Gasteiger charge is -2.03. The zero-order valence-corrected chi connectivity index (χ0v) is 15.5. The topological polar surface area (TPSA) is 93.7 Å². The molecule has 3 rings (SSSR count). The minimum absolute atomic E-state index is 0.245. The van der Waals surface area contributed by atoms with Crippen LogP contribution in [0.1, 0.15) is 22.1 Å². The third-order valence-electron chi connectivity index (χ3n) is 3.61. The smallest absolute Gasteiger partial charge is 0.287 e. The van der Waals surface area contributed by atoms with Gasteiger partial charge in [0.2, 0.25) is 0 Å². The van der Waals surface area contributed by atoms with E-state index < -0.39 is 0 Å². The predicted octanol–water partition coefficient (Wildman–Crippen LogP) is 2.07. The highest BCUT2D eigenvalue weighted by atomic mass is 32.2. The Balaban J connectivity index is 1.49. The molecule has 8 nitrogen and oxygen atoms in total. The normalized spacial score (nSPS) is 11.0. The van der Waals surface area contributed by atoms with Crippen molar-refractivity contribution in [1.29, 1.82) is 0 Å². The summed E-state index contributed by atoms with van der Waals surface area (Å²) >= 11 is 6.61. The van der Waals surface area contributed by atoms with E-state index in [2.05, 4.69) is 20.5 Å². The van der Waals surface area contributed by atoms with Crippen molar-refractivity contribution in [3.63, 3.8) is 0 Å². The second-order valence-electron chi connectivity index (χ2n) is 5.39. The molecule has 0 bridgehead atoms. The maximum absolute atomic E-state index is 12.1. The van der Waals surface area contributed by atoms with Crippen LogP contribution in [0.4, 0.5) is 0 Å². The van der Waals surface area contributed by atoms with Crippen molar-refractivity contribution in [1.82, 2.24) is 29.6 Å². The van der Waals surface area contributed by atoms with Crippen LogP contribution in [0.25, 0.3) is 0 Å². The lowest BCUT2D eigenvalue weighted by atomic mass is 10.3. The van der Waals surface area contributed by atoms with Gasteiger partial charge in [-0.25, -0.2) is 4.98 Å². The highest BCUT2D eigenvalue weighted by molar-refractivity contribution is 7.98. The molecule has 3 aromatic rings. The number of hydrogen-bond acceptors (Lipinski definition) is 6. The summed E-state index contributed by atoms with van der Waals surface area (Å²) in [6, 6.07) is 3.49. The Morgan fingerprint density at radius 1 is 1.44 bits per heavy atom. The Hall–Kier alpha value is -2.33. The molecule has 132 valence electrons. The van der Waals surface area contributed by atoms with Crippen LogP contribution in [-0.2, 0) is 26.3 Å². The maximum atomic E-state index is 12.1. The molecule has 10 heteroatoms. The predicted molar refractivity (Wildman–Crippen MR) is 95.9 cm³/mol. The van der Waals surface area contributed by atoms with Crippen molar-refractivity contribution in [3.05, 3.63) is 46.6 Å². The molecule has 0 atom stereocenters. The van der Waals surface area contributed by atoms with Crippen molar-refractivity contribution < 1.29 is 9.21 Å². The monoisotopic (exact) mass is 378 g/mol. The summed E-state index contributed by atoms with van der Waals surface area (Å²) < 4.78 is 9.87. The van der Waals surface area contributed by atoms with Crippen LogP contribution in [0, 0.1) is 4.77 Å². The molecule has 2 N–H and O–H groups in total. The highest BCUT2D eigenvalue weighted by Crippen LogP contribution is 2.21. The van der Waals surface area contributed by atoms with E-state index in [0.29, 0.717) is 29.2 Å². The number of H-pyrrole nitrogens is 1. The van der Waals surface area contributed by atoms with Crippen LogP contribution in [-0.4, -0.2) is 36.8 Å². The fraction of sp³-hybridized carbons (Fsp3) is 0.333. The largest absolute Gasteiger partial charge is 0.455 e. The van der Waals surface area contributed by atoms with E-state index in [0.717, 1.165) is 16.7 Å². The van der Waals surface area contributed by atoms with Crippen LogP contribution in [0.15, 0.2) is 34.1 Å². The summed E-state index contributed by atoms with van der Waals surface area (Å²) in [4.78, 5) is 16.4. The van der Waals surface area contributed by atoms with E-state index >= 15 is 0 Å². The third kappa shape index (κ3) is 4.20. The lowest BCUT2D eigenvalue weighted by Crippen LogP contribution is -2.26. The van der Waals surface area contributed by atoms with Gasteiger partial charge in [-0.2, -0.15) is 5.10 Å². The van der Waals surface area contributed by atoms with Crippen LogP contribution in [0.3, 0.4) is 0 Å². The molecular formula is C15H18N6O2S2. The van der Waals surface area contributed by atoms with Gasteiger partial charge in [0.15, 0.2) is 15.7 Å². The molecule has 0 aliphatic heterocycles. The molecule has 0 saturated heterocycles. The van der Waals surface area contributed by atoms with Crippen LogP contribution in [0.2, 0.25) is 0 Å². The first-order valence-electron chi connectivity index (χ1n) is 7.62. The SMILES string of the molecule is Cn1ccnc1SCc1ccc(C(=O)NCCc2n[nH]c(=S)n2C)o1. The van der Waals surface area contributed by atoms with E-state index in [1.165, 1.54) is 0 Å². The van der Waals surface area contributed by atoms with Gasteiger partial charge in [-0.3, -0.25) is 9.89 Å². The molecule has 3 heterocycles. The van der Waals surface area contributed by atoms with E-state index in [-0.39, 0.29) is 5.91 Å². The van der Waals surface area contributed by atoms with Crippen LogP contribution >= 0.6 is 24.0 Å². The average Bonchev–Trinajstić information content (AvgIpc) is 3.30. The fourth-order valence-corrected chi connectivity index (χ4v) is 3.16. The molecule has 0 radical (unpaired) electrons. The molecule has 0 aliphatic carbocycles. The Kier molecular flexibility index (Phi) is 5.39. The second-order valence-corrected chi connectivity index (χ2v) is 6.71. The first kappa shape index (κ1) is 17.5. The number of hydrogen-bond donors (Lipinski definition) is 2. The Morgan fingerprint density at radius 3 is 2.96 bits per heavy atom. The van der Waals surface area contributed by atoms with Gasteiger partial charge in [0.25, 0.3) is 5.91 Å². The first-order valence-corrected chi connectivity index (χ1v) is 9.01. The molecule has 0 aromatic carbocycles. The van der Waals surface area contributed by atoms with E-state index in [9.17, 15) is 4.79 Å². The van der Waals surface area contributed by atoms with E-state index in [4.69, 9.17) is 16.6 Å². The zero-order valence-electron chi connectivity index (χ0n) is 13.9. The number of thioether (sulfide) groups is 1. The van der Waals surface area contributed by atoms with Crippen molar-refractivity contribution in [3.8, 4) is 0 Å². The summed E-state index contributed by atoms with van der Waals surface area (Å²) in [7, 11) is 3.77. The molecule has 25 heavy (non-hydrogen) atoms. The van der Waals surface area contributed by atoms with Gasteiger partial charge in [-0.05, 0) is 24.4 Å². The van der Waals surface area contributed by atoms with Crippen LogP contribution in [0.5, 0.6) is 0 Å². The molecule has 0 unspecified atom stereocenters. The Morgan fingerprint density at radius 2 is 2.28 bits per heavy atom. The molecule has 1 amide bonds. The summed E-state index contributed by atoms with van der Waals surface area (Å²) in [6.45, 7) is 0.449. The quantitative estimate of drug-likeness (QED) is 0.483. The number of furan rings is 1. The first-order chi connectivity index (χ1) is 12.0. The number of aromatic nitrogens is 5. The van der Waals surface area contributed by atoms with Crippen molar-refractivity contribution in [2.24, 2.45) is 14.1 Å². The molecular weight excluding hydrogens is 360 g/mol. The number of imidazole rings is 1. The molecule has 3 aromatic heterocycles. The highest BCUT2D eigenvalue weighted by Gasteiger charge is 2.12. The van der Waals surface area contributed by atoms with Gasteiger partial charge in [0, 0.05) is 39.5 Å². The van der Waals surface area contributed by atoms with Crippen LogP contribution < -0.4 is 5.32 Å². The zero-order chi connectivity index (χ0) is 17.8. The van der Waals surface area contributed by atoms with Gasteiger partial charge in [-0.1, -0.05) is 11.8 Å². The van der Waals surface area contributed by atoms with Gasteiger partial charge in [0.1, 0.15) is 11.6 Å². The summed E-state index contributed by atoms with van der Waals surface area (Å²) in [5, 5.41) is 10.5. The molecule has 0 fully saturated rings. The summed E-state index contributed by atoms with van der Waals surface area (Å²) in [5.74, 6) is 2.18. The van der Waals surface area contributed by atoms with Crippen molar-refractivity contribution in [2.45, 2.75) is 17.3 Å². The standard InChI is InChI=1S/C15H18N6O2S2/c1-20-8-7-17-15(20)25-9-10-3-4-11(23-10)13(22)16-6-5-12-18-19-14(24)21(12)2/h3-4,7-8H,5-6,9H2,1-2H3,(H,16,22)(H,19,24). The maximum Gasteiger partial charge on any atom is 0.287 e. The van der Waals surface area contributed by atoms with Gasteiger partial charge in [0.05, 0.1) is 5.75 Å². The Labute approximate surface area is 153 Å². The lowest BCUT2D eigenvalue weighted by molar-refractivity contribution is 0.0925. The minimum Gasteiger partial charge on any atom is -0.455 e. The fourth-order valence-electron chi connectivity index (χ4n) is 2.18. The second kappa shape index (κ2) is 7.70.